The predicted molar refractivity (Wildman–Crippen MR) is 141 cm³/mol. The molecule has 11 heteroatoms. The molecular weight excluding hydrogens is 508 g/mol. The molecule has 0 saturated heterocycles. The first kappa shape index (κ1) is 23.6. The van der Waals surface area contributed by atoms with E-state index in [9.17, 15) is 19.5 Å². The fourth-order valence-electron chi connectivity index (χ4n) is 4.89. The minimum atomic E-state index is -1.00. The summed E-state index contributed by atoms with van der Waals surface area (Å²) in [4.78, 5) is 37.7. The predicted octanol–water partition coefficient (Wildman–Crippen LogP) is 4.12. The van der Waals surface area contributed by atoms with Gasteiger partial charge in [0.2, 0.25) is 5.91 Å². The summed E-state index contributed by atoms with van der Waals surface area (Å²) in [5, 5.41) is 25.5. The Morgan fingerprint density at radius 1 is 1.00 bits per heavy atom. The molecule has 3 heterocycles. The fourth-order valence-corrected chi connectivity index (χ4v) is 5.06. The second kappa shape index (κ2) is 9.24. The number of anilines is 1. The zero-order valence-corrected chi connectivity index (χ0v) is 20.5. The summed E-state index contributed by atoms with van der Waals surface area (Å²) in [6.45, 7) is 0. The fraction of sp³-hybridized carbons (Fsp3) is 0.111. The Bertz CT molecular complexity index is 1800. The van der Waals surface area contributed by atoms with Crippen molar-refractivity contribution in [3.63, 3.8) is 0 Å². The molecule has 6 rings (SSSR count). The lowest BCUT2D eigenvalue weighted by Gasteiger charge is -2.16. The van der Waals surface area contributed by atoms with Crippen molar-refractivity contribution in [2.24, 2.45) is 0 Å². The number of aromatic carboxylic acids is 1. The van der Waals surface area contributed by atoms with Gasteiger partial charge in [0.1, 0.15) is 12.4 Å². The Balaban J connectivity index is 1.29. The number of fused-ring (bicyclic) bond motifs is 2. The molecule has 0 spiro atoms. The third kappa shape index (κ3) is 4.20. The number of carboxylic acids is 1. The molecule has 1 aliphatic heterocycles. The van der Waals surface area contributed by atoms with Gasteiger partial charge in [-0.3, -0.25) is 9.59 Å². The highest BCUT2D eigenvalue weighted by Crippen LogP contribution is 2.33. The van der Waals surface area contributed by atoms with E-state index in [0.29, 0.717) is 40.4 Å². The van der Waals surface area contributed by atoms with Crippen LogP contribution in [-0.4, -0.2) is 41.8 Å². The maximum atomic E-state index is 13.3. The number of rotatable bonds is 5. The van der Waals surface area contributed by atoms with Crippen LogP contribution in [0, 0.1) is 0 Å². The van der Waals surface area contributed by atoms with Crippen molar-refractivity contribution in [3.8, 4) is 16.8 Å². The van der Waals surface area contributed by atoms with E-state index in [2.05, 4.69) is 20.8 Å². The molecule has 0 bridgehead atoms. The van der Waals surface area contributed by atoms with Gasteiger partial charge in [-0.25, -0.2) is 4.79 Å². The number of carboxylic acid groups (broad SMARTS) is 1. The van der Waals surface area contributed by atoms with Crippen LogP contribution in [0.2, 0.25) is 5.02 Å². The highest BCUT2D eigenvalue weighted by Gasteiger charge is 2.30. The van der Waals surface area contributed by atoms with Gasteiger partial charge in [-0.15, -0.1) is 5.10 Å². The molecule has 0 aliphatic carbocycles. The lowest BCUT2D eigenvalue weighted by Crippen LogP contribution is -2.31. The SMILES string of the molecule is O=C(O)c1ccc2cc(NC(=O)[C@@H]3CCc4cc(-c5cc(Cl)ccc5-n5cnnn5)cc(=O)n43)ccc2c1. The molecule has 0 saturated carbocycles. The molecule has 1 aliphatic rings. The highest BCUT2D eigenvalue weighted by atomic mass is 35.5. The number of aryl methyl sites for hydroxylation is 1. The number of pyridine rings is 1. The molecule has 2 N–H and O–H groups in total. The van der Waals surface area contributed by atoms with Gasteiger partial charge in [0.15, 0.2) is 0 Å². The van der Waals surface area contributed by atoms with Crippen molar-refractivity contribution in [1.82, 2.24) is 24.8 Å². The third-order valence-corrected chi connectivity index (χ3v) is 6.89. The second-order valence-electron chi connectivity index (χ2n) is 8.99. The van der Waals surface area contributed by atoms with Gasteiger partial charge < -0.3 is 15.0 Å². The van der Waals surface area contributed by atoms with E-state index in [4.69, 9.17) is 11.6 Å². The summed E-state index contributed by atoms with van der Waals surface area (Å²) < 4.78 is 3.03. The number of benzene rings is 3. The van der Waals surface area contributed by atoms with Crippen LogP contribution in [0.15, 0.2) is 77.9 Å². The second-order valence-corrected chi connectivity index (χ2v) is 9.42. The first-order chi connectivity index (χ1) is 18.4. The molecule has 1 amide bonds. The van der Waals surface area contributed by atoms with Crippen molar-refractivity contribution < 1.29 is 14.7 Å². The lowest BCUT2D eigenvalue weighted by atomic mass is 10.0. The van der Waals surface area contributed by atoms with E-state index in [1.54, 1.807) is 48.5 Å². The molecule has 5 aromatic rings. The van der Waals surface area contributed by atoms with E-state index in [1.807, 2.05) is 6.07 Å². The minimum Gasteiger partial charge on any atom is -0.478 e. The molecule has 10 nitrogen and oxygen atoms in total. The normalized spacial score (nSPS) is 14.4. The molecule has 0 unspecified atom stereocenters. The van der Waals surface area contributed by atoms with Crippen molar-refractivity contribution in [1.29, 1.82) is 0 Å². The molecule has 0 fully saturated rings. The number of tetrazole rings is 1. The lowest BCUT2D eigenvalue weighted by molar-refractivity contribution is -0.119. The number of carbonyl (C=O) groups excluding carboxylic acids is 1. The number of halogens is 1. The van der Waals surface area contributed by atoms with Crippen LogP contribution < -0.4 is 10.9 Å². The summed E-state index contributed by atoms with van der Waals surface area (Å²) in [7, 11) is 0. The molecule has 2 aromatic heterocycles. The molecule has 1 atom stereocenters. The quantitative estimate of drug-likeness (QED) is 0.352. The number of hydrogen-bond donors (Lipinski definition) is 2. The van der Waals surface area contributed by atoms with Gasteiger partial charge in [-0.1, -0.05) is 23.7 Å². The van der Waals surface area contributed by atoms with Crippen molar-refractivity contribution in [3.05, 3.63) is 99.7 Å². The Kier molecular flexibility index (Phi) is 5.73. The number of carbonyl (C=O) groups is 2. The maximum absolute atomic E-state index is 13.3. The molecule has 3 aromatic carbocycles. The van der Waals surface area contributed by atoms with Crippen LogP contribution >= 0.6 is 11.6 Å². The summed E-state index contributed by atoms with van der Waals surface area (Å²) >= 11 is 6.26. The van der Waals surface area contributed by atoms with Crippen LogP contribution in [0.3, 0.4) is 0 Å². The van der Waals surface area contributed by atoms with Crippen LogP contribution in [0.1, 0.15) is 28.5 Å². The van der Waals surface area contributed by atoms with Gasteiger partial charge >= 0.3 is 5.97 Å². The Morgan fingerprint density at radius 3 is 2.61 bits per heavy atom. The van der Waals surface area contributed by atoms with Crippen LogP contribution in [-0.2, 0) is 11.2 Å². The monoisotopic (exact) mass is 526 g/mol. The van der Waals surface area contributed by atoms with Gasteiger partial charge in [-0.2, -0.15) is 4.68 Å². The first-order valence-corrected chi connectivity index (χ1v) is 12.1. The van der Waals surface area contributed by atoms with E-state index in [-0.39, 0.29) is 17.0 Å². The number of nitrogens with one attached hydrogen (secondary N) is 1. The summed E-state index contributed by atoms with van der Waals surface area (Å²) in [6.07, 6.45) is 2.50. The van der Waals surface area contributed by atoms with E-state index in [0.717, 1.165) is 16.5 Å². The first-order valence-electron chi connectivity index (χ1n) is 11.7. The van der Waals surface area contributed by atoms with Crippen LogP contribution in [0.5, 0.6) is 0 Å². The van der Waals surface area contributed by atoms with Crippen LogP contribution in [0.25, 0.3) is 27.6 Å². The minimum absolute atomic E-state index is 0.193. The maximum Gasteiger partial charge on any atom is 0.335 e. The summed E-state index contributed by atoms with van der Waals surface area (Å²) in [5.74, 6) is -1.29. The molecule has 188 valence electrons. The van der Waals surface area contributed by atoms with E-state index < -0.39 is 12.0 Å². The smallest absolute Gasteiger partial charge is 0.335 e. The Hall–Kier alpha value is -4.83. The largest absolute Gasteiger partial charge is 0.478 e. The van der Waals surface area contributed by atoms with E-state index in [1.165, 1.54) is 27.7 Å². The zero-order chi connectivity index (χ0) is 26.4. The van der Waals surface area contributed by atoms with Gasteiger partial charge in [0, 0.05) is 28.0 Å². The average Bonchev–Trinajstić information content (AvgIpc) is 3.59. The van der Waals surface area contributed by atoms with Crippen molar-refractivity contribution in [2.75, 3.05) is 5.32 Å². The van der Waals surface area contributed by atoms with Crippen molar-refractivity contribution in [2.45, 2.75) is 18.9 Å². The van der Waals surface area contributed by atoms with Crippen LogP contribution in [0.4, 0.5) is 5.69 Å². The van der Waals surface area contributed by atoms with Gasteiger partial charge in [-0.05, 0) is 88.1 Å². The van der Waals surface area contributed by atoms with Crippen molar-refractivity contribution >= 4 is 39.9 Å². The molecule has 38 heavy (non-hydrogen) atoms. The number of amides is 1. The highest BCUT2D eigenvalue weighted by molar-refractivity contribution is 6.31. The third-order valence-electron chi connectivity index (χ3n) is 6.66. The summed E-state index contributed by atoms with van der Waals surface area (Å²) in [6, 6.07) is 18.0. The van der Waals surface area contributed by atoms with E-state index >= 15 is 0 Å². The van der Waals surface area contributed by atoms with Gasteiger partial charge in [0.05, 0.1) is 11.3 Å². The molecule has 0 radical (unpaired) electrons. The Morgan fingerprint density at radius 2 is 1.82 bits per heavy atom. The number of hydrogen-bond acceptors (Lipinski definition) is 6. The topological polar surface area (TPSA) is 132 Å². The summed E-state index contributed by atoms with van der Waals surface area (Å²) in [5.41, 5.74) is 3.23. The standard InChI is InChI=1S/C27H19ClN6O4/c28-19-4-7-23(33-14-29-31-32-33)22(13-19)18-11-21-6-8-24(34(21)25(35)12-18)26(36)30-20-5-3-15-9-17(27(37)38)2-1-16(15)10-20/h1-5,7,9-14,24H,6,8H2,(H,30,36)(H,37,38)/t24-/m0/s1. The average molecular weight is 527 g/mol. The number of aromatic nitrogens is 5. The molecular formula is C27H19ClN6O4. The van der Waals surface area contributed by atoms with Gasteiger partial charge in [0.25, 0.3) is 5.56 Å². The number of nitrogens with zero attached hydrogens (tertiary/aromatic N) is 5. The zero-order valence-electron chi connectivity index (χ0n) is 19.7. The Labute approximate surface area is 220 Å².